The highest BCUT2D eigenvalue weighted by atomic mass is 35.5. The van der Waals surface area contributed by atoms with Crippen LogP contribution in [0, 0.1) is 0 Å². The van der Waals surface area contributed by atoms with Crippen molar-refractivity contribution in [1.29, 1.82) is 0 Å². The maximum Gasteiger partial charge on any atom is 0.410 e. The lowest BCUT2D eigenvalue weighted by atomic mass is 9.86. The van der Waals surface area contributed by atoms with E-state index in [0.717, 1.165) is 11.3 Å². The molecule has 0 bridgehead atoms. The summed E-state index contributed by atoms with van der Waals surface area (Å²) < 4.78 is 5.43. The van der Waals surface area contributed by atoms with E-state index in [1.807, 2.05) is 54.6 Å². The van der Waals surface area contributed by atoms with E-state index < -0.39 is 5.54 Å². The van der Waals surface area contributed by atoms with Crippen LogP contribution < -0.4 is 10.2 Å². The van der Waals surface area contributed by atoms with Gasteiger partial charge in [-0.25, -0.2) is 4.79 Å². The average Bonchev–Trinajstić information content (AvgIpc) is 3.03. The van der Waals surface area contributed by atoms with Gasteiger partial charge in [0.15, 0.2) is 0 Å². The predicted molar refractivity (Wildman–Crippen MR) is 107 cm³/mol. The SMILES string of the molecule is O=C(OCc1ccccc1)N1CCC2(CC1)C(=O)NCN2c1cccc(Cl)c1. The summed E-state index contributed by atoms with van der Waals surface area (Å²) in [5.41, 5.74) is 1.21. The highest BCUT2D eigenvalue weighted by molar-refractivity contribution is 6.30. The fourth-order valence-electron chi connectivity index (χ4n) is 3.94. The maximum absolute atomic E-state index is 12.7. The van der Waals surface area contributed by atoms with Crippen molar-refractivity contribution in [2.45, 2.75) is 25.0 Å². The minimum absolute atomic E-state index is 0.00442. The Hall–Kier alpha value is -2.73. The molecule has 7 heteroatoms. The highest BCUT2D eigenvalue weighted by Gasteiger charge is 2.51. The summed E-state index contributed by atoms with van der Waals surface area (Å²) in [6.07, 6.45) is 0.754. The van der Waals surface area contributed by atoms with Crippen molar-refractivity contribution < 1.29 is 14.3 Å². The van der Waals surface area contributed by atoms with Gasteiger partial charge in [0, 0.05) is 23.8 Å². The van der Waals surface area contributed by atoms with E-state index in [4.69, 9.17) is 16.3 Å². The molecular formula is C21H22ClN3O3. The average molecular weight is 400 g/mol. The van der Waals surface area contributed by atoms with Crippen LogP contribution in [-0.2, 0) is 16.1 Å². The number of ether oxygens (including phenoxy) is 1. The Morgan fingerprint density at radius 1 is 1.11 bits per heavy atom. The lowest BCUT2D eigenvalue weighted by molar-refractivity contribution is -0.125. The van der Waals surface area contributed by atoms with Crippen LogP contribution in [-0.4, -0.2) is 42.2 Å². The van der Waals surface area contributed by atoms with Gasteiger partial charge in [0.05, 0.1) is 6.67 Å². The molecule has 1 spiro atoms. The number of piperidine rings is 1. The van der Waals surface area contributed by atoms with Crippen LogP contribution in [0.25, 0.3) is 0 Å². The maximum atomic E-state index is 12.7. The number of hydrogen-bond acceptors (Lipinski definition) is 4. The van der Waals surface area contributed by atoms with Gasteiger partial charge < -0.3 is 19.9 Å². The van der Waals surface area contributed by atoms with Crippen LogP contribution in [0.15, 0.2) is 54.6 Å². The molecule has 6 nitrogen and oxygen atoms in total. The molecule has 0 atom stereocenters. The minimum Gasteiger partial charge on any atom is -0.445 e. The molecule has 1 N–H and O–H groups in total. The second kappa shape index (κ2) is 7.72. The Morgan fingerprint density at radius 3 is 2.57 bits per heavy atom. The van der Waals surface area contributed by atoms with E-state index in [1.165, 1.54) is 0 Å². The number of carbonyl (C=O) groups is 2. The molecule has 4 rings (SSSR count). The summed E-state index contributed by atoms with van der Waals surface area (Å²) >= 11 is 6.14. The molecule has 2 aliphatic rings. The summed E-state index contributed by atoms with van der Waals surface area (Å²) in [6, 6.07) is 17.1. The molecule has 2 heterocycles. The number of anilines is 1. The molecule has 2 saturated heterocycles. The topological polar surface area (TPSA) is 61.9 Å². The first-order valence-corrected chi connectivity index (χ1v) is 9.73. The van der Waals surface area contributed by atoms with E-state index in [-0.39, 0.29) is 18.6 Å². The Kier molecular flexibility index (Phi) is 5.13. The minimum atomic E-state index is -0.652. The van der Waals surface area contributed by atoms with Gasteiger partial charge >= 0.3 is 6.09 Å². The molecule has 2 aromatic carbocycles. The number of rotatable bonds is 3. The summed E-state index contributed by atoms with van der Waals surface area (Å²) in [5, 5.41) is 3.58. The van der Waals surface area contributed by atoms with Gasteiger partial charge in [0.25, 0.3) is 0 Å². The highest BCUT2D eigenvalue weighted by Crippen LogP contribution is 2.37. The van der Waals surface area contributed by atoms with Crippen LogP contribution in [0.5, 0.6) is 0 Å². The van der Waals surface area contributed by atoms with Crippen molar-refractivity contribution in [3.63, 3.8) is 0 Å². The number of amides is 2. The molecule has 2 fully saturated rings. The number of hydrogen-bond donors (Lipinski definition) is 1. The largest absolute Gasteiger partial charge is 0.445 e. The number of benzene rings is 2. The van der Waals surface area contributed by atoms with Gasteiger partial charge in [-0.15, -0.1) is 0 Å². The second-order valence-corrected chi connectivity index (χ2v) is 7.57. The second-order valence-electron chi connectivity index (χ2n) is 7.13. The zero-order valence-electron chi connectivity index (χ0n) is 15.4. The quantitative estimate of drug-likeness (QED) is 0.859. The molecule has 28 heavy (non-hydrogen) atoms. The summed E-state index contributed by atoms with van der Waals surface area (Å²) in [7, 11) is 0. The number of nitrogens with zero attached hydrogens (tertiary/aromatic N) is 2. The number of halogens is 1. The molecule has 146 valence electrons. The Morgan fingerprint density at radius 2 is 1.86 bits per heavy atom. The third-order valence-electron chi connectivity index (χ3n) is 5.51. The van der Waals surface area contributed by atoms with Gasteiger partial charge in [-0.1, -0.05) is 48.0 Å². The Bertz CT molecular complexity index is 866. The standard InChI is InChI=1S/C21H22ClN3O3/c22-17-7-4-8-18(13-17)25-15-23-19(26)21(25)9-11-24(12-10-21)20(27)28-14-16-5-2-1-3-6-16/h1-8,13H,9-12,14-15H2,(H,23,26). The Balaban J connectivity index is 1.41. The third-order valence-corrected chi connectivity index (χ3v) is 5.75. The zero-order valence-corrected chi connectivity index (χ0v) is 16.2. The molecule has 2 amide bonds. The first-order chi connectivity index (χ1) is 13.6. The zero-order chi connectivity index (χ0) is 19.6. The normalized spacial score (nSPS) is 18.2. The van der Waals surface area contributed by atoms with Crippen molar-refractivity contribution >= 4 is 29.3 Å². The van der Waals surface area contributed by atoms with Crippen molar-refractivity contribution in [3.05, 3.63) is 65.2 Å². The van der Waals surface area contributed by atoms with Crippen molar-refractivity contribution in [2.75, 3.05) is 24.7 Å². The van der Waals surface area contributed by atoms with Gasteiger partial charge in [0.2, 0.25) is 5.91 Å². The number of likely N-dealkylation sites (tertiary alicyclic amines) is 1. The molecule has 0 saturated carbocycles. The summed E-state index contributed by atoms with van der Waals surface area (Å²) in [5.74, 6) is 0.00442. The fourth-order valence-corrected chi connectivity index (χ4v) is 4.12. The van der Waals surface area contributed by atoms with Crippen LogP contribution in [0.3, 0.4) is 0 Å². The molecule has 0 aromatic heterocycles. The molecule has 0 radical (unpaired) electrons. The molecule has 0 aliphatic carbocycles. The molecular weight excluding hydrogens is 378 g/mol. The first kappa shape index (κ1) is 18.6. The van der Waals surface area contributed by atoms with E-state index in [0.29, 0.717) is 37.6 Å². The first-order valence-electron chi connectivity index (χ1n) is 9.36. The van der Waals surface area contributed by atoms with Crippen LogP contribution in [0.4, 0.5) is 10.5 Å². The van der Waals surface area contributed by atoms with E-state index in [9.17, 15) is 9.59 Å². The molecule has 2 aliphatic heterocycles. The van der Waals surface area contributed by atoms with E-state index >= 15 is 0 Å². The van der Waals surface area contributed by atoms with Crippen molar-refractivity contribution in [1.82, 2.24) is 10.2 Å². The Labute approximate surface area is 169 Å². The van der Waals surface area contributed by atoms with Crippen molar-refractivity contribution in [3.8, 4) is 0 Å². The van der Waals surface area contributed by atoms with E-state index in [2.05, 4.69) is 10.2 Å². The number of carbonyl (C=O) groups excluding carboxylic acids is 2. The third kappa shape index (κ3) is 3.52. The van der Waals surface area contributed by atoms with Crippen LogP contribution in [0.2, 0.25) is 5.02 Å². The van der Waals surface area contributed by atoms with Gasteiger partial charge in [-0.05, 0) is 36.6 Å². The van der Waals surface area contributed by atoms with Crippen LogP contribution >= 0.6 is 11.6 Å². The van der Waals surface area contributed by atoms with Gasteiger partial charge in [-0.3, -0.25) is 4.79 Å². The fraction of sp³-hybridized carbons (Fsp3) is 0.333. The molecule has 2 aromatic rings. The lowest BCUT2D eigenvalue weighted by Gasteiger charge is -2.43. The number of nitrogens with one attached hydrogen (secondary N) is 1. The van der Waals surface area contributed by atoms with E-state index in [1.54, 1.807) is 4.90 Å². The lowest BCUT2D eigenvalue weighted by Crippen LogP contribution is -2.57. The molecule has 0 unspecified atom stereocenters. The monoisotopic (exact) mass is 399 g/mol. The summed E-state index contributed by atoms with van der Waals surface area (Å²) in [6.45, 7) is 1.63. The van der Waals surface area contributed by atoms with Gasteiger partial charge in [-0.2, -0.15) is 0 Å². The van der Waals surface area contributed by atoms with Crippen LogP contribution in [0.1, 0.15) is 18.4 Å². The van der Waals surface area contributed by atoms with Gasteiger partial charge in [0.1, 0.15) is 12.1 Å². The smallest absolute Gasteiger partial charge is 0.410 e. The summed E-state index contributed by atoms with van der Waals surface area (Å²) in [4.78, 5) is 28.9. The van der Waals surface area contributed by atoms with Crippen molar-refractivity contribution in [2.24, 2.45) is 0 Å². The predicted octanol–water partition coefficient (Wildman–Crippen LogP) is 3.41.